The first-order valence-corrected chi connectivity index (χ1v) is 8.41. The fourth-order valence-electron chi connectivity index (χ4n) is 2.01. The lowest BCUT2D eigenvalue weighted by molar-refractivity contribution is 1.20. The van der Waals surface area contributed by atoms with Gasteiger partial charge in [0.15, 0.2) is 4.34 Å². The van der Waals surface area contributed by atoms with Gasteiger partial charge in [-0.25, -0.2) is 4.98 Å². The summed E-state index contributed by atoms with van der Waals surface area (Å²) in [6, 6.07) is 16.7. The summed E-state index contributed by atoms with van der Waals surface area (Å²) in [5, 5.41) is 3.47. The first-order chi connectivity index (χ1) is 9.83. The van der Waals surface area contributed by atoms with E-state index in [-0.39, 0.29) is 0 Å². The highest BCUT2D eigenvalue weighted by molar-refractivity contribution is 8.01. The van der Waals surface area contributed by atoms with Gasteiger partial charge in [-0.15, -0.1) is 11.3 Å². The lowest BCUT2D eigenvalue weighted by Crippen LogP contribution is -2.04. The van der Waals surface area contributed by atoms with Crippen molar-refractivity contribution in [3.05, 3.63) is 54.1 Å². The van der Waals surface area contributed by atoms with Crippen molar-refractivity contribution in [2.45, 2.75) is 11.3 Å². The number of nitrogens with one attached hydrogen (secondary N) is 1. The molecule has 1 aromatic heterocycles. The SMILES string of the molecule is Cc1ccccc1NCCSc1nc2ccccc2s1. The molecule has 102 valence electrons. The molecule has 3 aromatic rings. The molecule has 4 heteroatoms. The summed E-state index contributed by atoms with van der Waals surface area (Å²) >= 11 is 3.59. The second-order valence-corrected chi connectivity index (χ2v) is 6.91. The van der Waals surface area contributed by atoms with Crippen LogP contribution in [0.4, 0.5) is 5.69 Å². The number of aromatic nitrogens is 1. The summed E-state index contributed by atoms with van der Waals surface area (Å²) in [4.78, 5) is 4.63. The normalized spacial score (nSPS) is 10.8. The Balaban J connectivity index is 1.54. The average Bonchev–Trinajstić information content (AvgIpc) is 2.88. The quantitative estimate of drug-likeness (QED) is 0.541. The zero-order valence-corrected chi connectivity index (χ0v) is 12.9. The monoisotopic (exact) mass is 300 g/mol. The number of hydrogen-bond acceptors (Lipinski definition) is 4. The van der Waals surface area contributed by atoms with Crippen molar-refractivity contribution in [2.75, 3.05) is 17.6 Å². The molecule has 0 aliphatic carbocycles. The van der Waals surface area contributed by atoms with Crippen LogP contribution in [-0.4, -0.2) is 17.3 Å². The number of nitrogens with zero attached hydrogens (tertiary/aromatic N) is 1. The van der Waals surface area contributed by atoms with E-state index in [1.54, 1.807) is 11.3 Å². The summed E-state index contributed by atoms with van der Waals surface area (Å²) in [6.07, 6.45) is 0. The molecule has 0 fully saturated rings. The number of thioether (sulfide) groups is 1. The molecule has 3 rings (SSSR count). The number of benzene rings is 2. The molecule has 0 aliphatic rings. The minimum absolute atomic E-state index is 0.950. The van der Waals surface area contributed by atoms with E-state index < -0.39 is 0 Å². The van der Waals surface area contributed by atoms with Gasteiger partial charge in [-0.2, -0.15) is 0 Å². The molecule has 2 aromatic carbocycles. The molecule has 0 bridgehead atoms. The number of rotatable bonds is 5. The number of hydrogen-bond donors (Lipinski definition) is 1. The Morgan fingerprint density at radius 2 is 1.90 bits per heavy atom. The van der Waals surface area contributed by atoms with Gasteiger partial charge in [0.25, 0.3) is 0 Å². The molecule has 1 N–H and O–H groups in total. The van der Waals surface area contributed by atoms with Crippen LogP contribution in [0.2, 0.25) is 0 Å². The van der Waals surface area contributed by atoms with E-state index in [4.69, 9.17) is 0 Å². The third-order valence-corrected chi connectivity index (χ3v) is 5.24. The molecule has 0 unspecified atom stereocenters. The van der Waals surface area contributed by atoms with Gasteiger partial charge < -0.3 is 5.32 Å². The van der Waals surface area contributed by atoms with Gasteiger partial charge in [0.1, 0.15) is 0 Å². The van der Waals surface area contributed by atoms with E-state index >= 15 is 0 Å². The van der Waals surface area contributed by atoms with Crippen LogP contribution in [0.25, 0.3) is 10.2 Å². The molecule has 0 saturated heterocycles. The van der Waals surface area contributed by atoms with Gasteiger partial charge in [-0.1, -0.05) is 42.1 Å². The van der Waals surface area contributed by atoms with Gasteiger partial charge in [0, 0.05) is 18.0 Å². The summed E-state index contributed by atoms with van der Waals surface area (Å²) < 4.78 is 2.42. The molecule has 0 spiro atoms. The zero-order chi connectivity index (χ0) is 13.8. The third-order valence-electron chi connectivity index (χ3n) is 3.06. The van der Waals surface area contributed by atoms with Crippen molar-refractivity contribution in [2.24, 2.45) is 0 Å². The zero-order valence-electron chi connectivity index (χ0n) is 11.3. The lowest BCUT2D eigenvalue weighted by Gasteiger charge is -2.07. The van der Waals surface area contributed by atoms with Gasteiger partial charge in [-0.3, -0.25) is 0 Å². The van der Waals surface area contributed by atoms with Crippen LogP contribution < -0.4 is 5.32 Å². The largest absolute Gasteiger partial charge is 0.384 e. The standard InChI is InChI=1S/C16H16N2S2/c1-12-6-2-3-7-13(12)17-10-11-19-16-18-14-8-4-5-9-15(14)20-16/h2-9,17H,10-11H2,1H3. The van der Waals surface area contributed by atoms with Gasteiger partial charge >= 0.3 is 0 Å². The average molecular weight is 300 g/mol. The Hall–Kier alpha value is -1.52. The second-order valence-electron chi connectivity index (χ2n) is 4.54. The third kappa shape index (κ3) is 3.14. The molecule has 0 amide bonds. The minimum Gasteiger partial charge on any atom is -0.384 e. The first kappa shape index (κ1) is 13.5. The Morgan fingerprint density at radius 1 is 1.10 bits per heavy atom. The van der Waals surface area contributed by atoms with Crippen molar-refractivity contribution in [3.8, 4) is 0 Å². The van der Waals surface area contributed by atoms with Crippen molar-refractivity contribution >= 4 is 39.0 Å². The van der Waals surface area contributed by atoms with E-state index in [1.165, 1.54) is 16.0 Å². The smallest absolute Gasteiger partial charge is 0.151 e. The number of para-hydroxylation sites is 2. The van der Waals surface area contributed by atoms with Crippen LogP contribution in [-0.2, 0) is 0 Å². The van der Waals surface area contributed by atoms with Crippen molar-refractivity contribution < 1.29 is 0 Å². The summed E-state index contributed by atoms with van der Waals surface area (Å²) in [5.74, 6) is 1.02. The highest BCUT2D eigenvalue weighted by atomic mass is 32.2. The summed E-state index contributed by atoms with van der Waals surface area (Å²) in [7, 11) is 0. The number of anilines is 1. The van der Waals surface area contributed by atoms with Crippen LogP contribution in [0.3, 0.4) is 0 Å². The Morgan fingerprint density at radius 3 is 2.75 bits per heavy atom. The maximum Gasteiger partial charge on any atom is 0.151 e. The Kier molecular flexibility index (Phi) is 4.23. The van der Waals surface area contributed by atoms with Crippen molar-refractivity contribution in [1.82, 2.24) is 4.98 Å². The predicted octanol–water partition coefficient (Wildman–Crippen LogP) is 4.81. The van der Waals surface area contributed by atoms with Crippen molar-refractivity contribution in [1.29, 1.82) is 0 Å². The van der Waals surface area contributed by atoms with Crippen molar-refractivity contribution in [3.63, 3.8) is 0 Å². The molecule has 2 nitrogen and oxygen atoms in total. The number of thiazole rings is 1. The molecule has 1 heterocycles. The van der Waals surface area contributed by atoms with Crippen LogP contribution >= 0.6 is 23.1 Å². The van der Waals surface area contributed by atoms with E-state index in [1.807, 2.05) is 17.8 Å². The molecule has 0 aliphatic heterocycles. The number of fused-ring (bicyclic) bond motifs is 1. The molecule has 0 radical (unpaired) electrons. The molecule has 20 heavy (non-hydrogen) atoms. The van der Waals surface area contributed by atoms with E-state index in [0.29, 0.717) is 0 Å². The fourth-order valence-corrected chi connectivity index (χ4v) is 4.00. The maximum absolute atomic E-state index is 4.63. The highest BCUT2D eigenvalue weighted by Crippen LogP contribution is 2.29. The first-order valence-electron chi connectivity index (χ1n) is 6.61. The molecule has 0 atom stereocenters. The van der Waals surface area contributed by atoms with Crippen LogP contribution in [0.5, 0.6) is 0 Å². The van der Waals surface area contributed by atoms with E-state index in [2.05, 4.69) is 59.7 Å². The van der Waals surface area contributed by atoms with E-state index in [0.717, 1.165) is 22.2 Å². The van der Waals surface area contributed by atoms with E-state index in [9.17, 15) is 0 Å². The second kappa shape index (κ2) is 6.29. The predicted molar refractivity (Wildman–Crippen MR) is 90.0 cm³/mol. The highest BCUT2D eigenvalue weighted by Gasteiger charge is 2.03. The van der Waals surface area contributed by atoms with Crippen LogP contribution in [0.15, 0.2) is 52.9 Å². The van der Waals surface area contributed by atoms with Gasteiger partial charge in [0.2, 0.25) is 0 Å². The van der Waals surface area contributed by atoms with Crippen LogP contribution in [0, 0.1) is 6.92 Å². The Labute approximate surface area is 127 Å². The number of aryl methyl sites for hydroxylation is 1. The summed E-state index contributed by atoms with van der Waals surface area (Å²) in [5.41, 5.74) is 3.61. The lowest BCUT2D eigenvalue weighted by atomic mass is 10.2. The maximum atomic E-state index is 4.63. The molecular weight excluding hydrogens is 284 g/mol. The van der Waals surface area contributed by atoms with Gasteiger partial charge in [0.05, 0.1) is 10.2 Å². The summed E-state index contributed by atoms with van der Waals surface area (Å²) in [6.45, 7) is 3.08. The minimum atomic E-state index is 0.950. The van der Waals surface area contributed by atoms with Crippen LogP contribution in [0.1, 0.15) is 5.56 Å². The molecular formula is C16H16N2S2. The Bertz CT molecular complexity index is 673. The van der Waals surface area contributed by atoms with Gasteiger partial charge in [-0.05, 0) is 30.7 Å². The molecule has 0 saturated carbocycles. The fraction of sp³-hybridized carbons (Fsp3) is 0.188. The topological polar surface area (TPSA) is 24.9 Å².